The van der Waals surface area contributed by atoms with Crippen LogP contribution in [0, 0.1) is 6.92 Å². The molecule has 0 N–H and O–H groups in total. The van der Waals surface area contributed by atoms with Crippen LogP contribution in [0.5, 0.6) is 5.75 Å². The van der Waals surface area contributed by atoms with Gasteiger partial charge in [0.2, 0.25) is 0 Å². The number of likely N-dealkylation sites (tertiary alicyclic amines) is 1. The van der Waals surface area contributed by atoms with Crippen molar-refractivity contribution in [3.05, 3.63) is 23.9 Å². The average Bonchev–Trinajstić information content (AvgIpc) is 3.05. The van der Waals surface area contributed by atoms with E-state index in [0.717, 1.165) is 42.0 Å². The number of nitrogens with zero attached hydrogens (tertiary/aromatic N) is 2. The van der Waals surface area contributed by atoms with Crippen molar-refractivity contribution in [2.24, 2.45) is 0 Å². The van der Waals surface area contributed by atoms with E-state index in [1.54, 1.807) is 0 Å². The first kappa shape index (κ1) is 12.5. The van der Waals surface area contributed by atoms with Crippen LogP contribution in [0.1, 0.15) is 25.0 Å². The zero-order chi connectivity index (χ0) is 13.1. The number of hydrogen-bond donors (Lipinski definition) is 0. The van der Waals surface area contributed by atoms with E-state index in [-0.39, 0.29) is 0 Å². The second-order valence-electron chi connectivity index (χ2n) is 5.18. The molecule has 2 heterocycles. The molecule has 1 aromatic heterocycles. The summed E-state index contributed by atoms with van der Waals surface area (Å²) < 4.78 is 11.0. The number of aryl methyl sites for hydroxylation is 1. The molecule has 1 aliphatic rings. The molecule has 102 valence electrons. The maximum atomic E-state index is 5.77. The molecule has 0 unspecified atom stereocenters. The van der Waals surface area contributed by atoms with Gasteiger partial charge in [-0.25, -0.2) is 0 Å². The molecule has 0 bridgehead atoms. The van der Waals surface area contributed by atoms with Crippen molar-refractivity contribution in [2.45, 2.75) is 26.2 Å². The number of benzene rings is 1. The number of aromatic nitrogens is 1. The molecule has 3 rings (SSSR count). The Hall–Kier alpha value is -1.55. The quantitative estimate of drug-likeness (QED) is 0.775. The van der Waals surface area contributed by atoms with Gasteiger partial charge in [0.25, 0.3) is 0 Å². The largest absolute Gasteiger partial charge is 0.493 e. The van der Waals surface area contributed by atoms with Gasteiger partial charge in [-0.05, 0) is 51.4 Å². The molecule has 0 aliphatic carbocycles. The lowest BCUT2D eigenvalue weighted by molar-refractivity contribution is 0.263. The number of rotatable bonds is 5. The van der Waals surface area contributed by atoms with Crippen molar-refractivity contribution < 1.29 is 9.26 Å². The highest BCUT2D eigenvalue weighted by Crippen LogP contribution is 2.23. The minimum absolute atomic E-state index is 0.759. The summed E-state index contributed by atoms with van der Waals surface area (Å²) in [6.07, 6.45) is 3.78. The van der Waals surface area contributed by atoms with Crippen molar-refractivity contribution in [3.63, 3.8) is 0 Å². The third kappa shape index (κ3) is 2.89. The molecule has 1 aromatic carbocycles. The molecule has 1 fully saturated rings. The topological polar surface area (TPSA) is 38.5 Å². The summed E-state index contributed by atoms with van der Waals surface area (Å²) in [6.45, 7) is 6.35. The first-order chi connectivity index (χ1) is 9.33. The van der Waals surface area contributed by atoms with Gasteiger partial charge in [0, 0.05) is 18.0 Å². The molecule has 0 radical (unpaired) electrons. The summed E-state index contributed by atoms with van der Waals surface area (Å²) in [6, 6.07) is 5.92. The van der Waals surface area contributed by atoms with Crippen LogP contribution >= 0.6 is 0 Å². The maximum Gasteiger partial charge on any atom is 0.170 e. The molecule has 0 saturated carbocycles. The van der Waals surface area contributed by atoms with Crippen LogP contribution in [0.25, 0.3) is 11.0 Å². The van der Waals surface area contributed by atoms with E-state index in [4.69, 9.17) is 9.26 Å². The molecule has 0 atom stereocenters. The third-order valence-electron chi connectivity index (χ3n) is 3.71. The Bertz CT molecular complexity index is 544. The smallest absolute Gasteiger partial charge is 0.170 e. The normalized spacial score (nSPS) is 16.3. The Kier molecular flexibility index (Phi) is 3.69. The summed E-state index contributed by atoms with van der Waals surface area (Å²) in [5.41, 5.74) is 1.73. The predicted molar refractivity (Wildman–Crippen MR) is 74.5 cm³/mol. The number of ether oxygens (including phenoxy) is 1. The first-order valence-electron chi connectivity index (χ1n) is 7.04. The average molecular weight is 260 g/mol. The monoisotopic (exact) mass is 260 g/mol. The number of hydrogen-bond acceptors (Lipinski definition) is 4. The molecule has 2 aromatic rings. The minimum atomic E-state index is 0.759. The van der Waals surface area contributed by atoms with Gasteiger partial charge in [-0.2, -0.15) is 0 Å². The van der Waals surface area contributed by atoms with Gasteiger partial charge in [0.15, 0.2) is 5.58 Å². The zero-order valence-corrected chi connectivity index (χ0v) is 11.4. The van der Waals surface area contributed by atoms with Crippen molar-refractivity contribution >= 4 is 11.0 Å². The van der Waals surface area contributed by atoms with Crippen LogP contribution in [0.4, 0.5) is 0 Å². The molecule has 1 saturated heterocycles. The highest BCUT2D eigenvalue weighted by atomic mass is 16.5. The van der Waals surface area contributed by atoms with Crippen molar-refractivity contribution in [3.8, 4) is 5.75 Å². The predicted octanol–water partition coefficient (Wildman–Crippen LogP) is 3.00. The Morgan fingerprint density at radius 2 is 2.16 bits per heavy atom. The molecular weight excluding hydrogens is 240 g/mol. The van der Waals surface area contributed by atoms with E-state index >= 15 is 0 Å². The van der Waals surface area contributed by atoms with E-state index in [0.29, 0.717) is 0 Å². The molecule has 0 spiro atoms. The maximum absolute atomic E-state index is 5.77. The Balaban J connectivity index is 1.50. The lowest BCUT2D eigenvalue weighted by atomic mass is 10.2. The fourth-order valence-corrected chi connectivity index (χ4v) is 2.62. The van der Waals surface area contributed by atoms with E-state index in [1.165, 1.54) is 25.9 Å². The summed E-state index contributed by atoms with van der Waals surface area (Å²) in [7, 11) is 0. The Labute approximate surface area is 113 Å². The van der Waals surface area contributed by atoms with E-state index in [9.17, 15) is 0 Å². The molecule has 4 nitrogen and oxygen atoms in total. The lowest BCUT2D eigenvalue weighted by Crippen LogP contribution is -2.21. The van der Waals surface area contributed by atoms with E-state index < -0.39 is 0 Å². The van der Waals surface area contributed by atoms with Gasteiger partial charge in [-0.1, -0.05) is 5.16 Å². The van der Waals surface area contributed by atoms with Gasteiger partial charge in [-0.15, -0.1) is 0 Å². The molecule has 0 amide bonds. The van der Waals surface area contributed by atoms with Crippen LogP contribution in [-0.2, 0) is 0 Å². The molecule has 4 heteroatoms. The SMILES string of the molecule is Cc1noc2cc(OCCCN3CCCC3)ccc12. The summed E-state index contributed by atoms with van der Waals surface area (Å²) in [5, 5.41) is 5.01. The minimum Gasteiger partial charge on any atom is -0.493 e. The van der Waals surface area contributed by atoms with E-state index in [1.807, 2.05) is 25.1 Å². The highest BCUT2D eigenvalue weighted by molar-refractivity contribution is 5.80. The summed E-state index contributed by atoms with van der Waals surface area (Å²) in [4.78, 5) is 2.51. The number of fused-ring (bicyclic) bond motifs is 1. The molecule has 19 heavy (non-hydrogen) atoms. The first-order valence-corrected chi connectivity index (χ1v) is 7.04. The second kappa shape index (κ2) is 5.61. The molecule has 1 aliphatic heterocycles. The van der Waals surface area contributed by atoms with Crippen LogP contribution in [-0.4, -0.2) is 36.3 Å². The standard InChI is InChI=1S/C15H20N2O2/c1-12-14-6-5-13(11-15(14)19-16-12)18-10-4-9-17-7-2-3-8-17/h5-6,11H,2-4,7-10H2,1H3. The van der Waals surface area contributed by atoms with Gasteiger partial charge < -0.3 is 14.2 Å². The summed E-state index contributed by atoms with van der Waals surface area (Å²) >= 11 is 0. The van der Waals surface area contributed by atoms with E-state index in [2.05, 4.69) is 10.1 Å². The van der Waals surface area contributed by atoms with Gasteiger partial charge in [0.05, 0.1) is 12.3 Å². The van der Waals surface area contributed by atoms with Gasteiger partial charge in [-0.3, -0.25) is 0 Å². The van der Waals surface area contributed by atoms with Gasteiger partial charge >= 0.3 is 0 Å². The van der Waals surface area contributed by atoms with Crippen LogP contribution < -0.4 is 4.74 Å². The molecular formula is C15H20N2O2. The van der Waals surface area contributed by atoms with Crippen molar-refractivity contribution in [1.82, 2.24) is 10.1 Å². The lowest BCUT2D eigenvalue weighted by Gasteiger charge is -2.14. The fourth-order valence-electron chi connectivity index (χ4n) is 2.62. The van der Waals surface area contributed by atoms with Crippen molar-refractivity contribution in [2.75, 3.05) is 26.2 Å². The highest BCUT2D eigenvalue weighted by Gasteiger charge is 2.10. The fraction of sp³-hybridized carbons (Fsp3) is 0.533. The zero-order valence-electron chi connectivity index (χ0n) is 11.4. The van der Waals surface area contributed by atoms with Crippen LogP contribution in [0.2, 0.25) is 0 Å². The Morgan fingerprint density at radius 1 is 1.32 bits per heavy atom. The van der Waals surface area contributed by atoms with Crippen molar-refractivity contribution in [1.29, 1.82) is 0 Å². The van der Waals surface area contributed by atoms with Crippen LogP contribution in [0.15, 0.2) is 22.7 Å². The third-order valence-corrected chi connectivity index (χ3v) is 3.71. The second-order valence-corrected chi connectivity index (χ2v) is 5.18. The summed E-state index contributed by atoms with van der Waals surface area (Å²) in [5.74, 6) is 0.866. The Morgan fingerprint density at radius 3 is 3.00 bits per heavy atom. The van der Waals surface area contributed by atoms with Crippen LogP contribution in [0.3, 0.4) is 0 Å². The van der Waals surface area contributed by atoms with Gasteiger partial charge in [0.1, 0.15) is 5.75 Å².